The summed E-state index contributed by atoms with van der Waals surface area (Å²) in [6.07, 6.45) is -0.762. The first-order valence-corrected chi connectivity index (χ1v) is 11.1. The molecule has 1 aliphatic carbocycles. The van der Waals surface area contributed by atoms with Gasteiger partial charge in [-0.3, -0.25) is 0 Å². The second kappa shape index (κ2) is 10.5. The lowest BCUT2D eigenvalue weighted by Crippen LogP contribution is -2.52. The molecule has 9 heteroatoms. The zero-order valence-corrected chi connectivity index (χ0v) is 20.2. The molecule has 184 valence electrons. The molecule has 0 aliphatic heterocycles. The van der Waals surface area contributed by atoms with E-state index in [1.807, 2.05) is 0 Å². The number of carbonyl (C=O) groups excluding carboxylic acids is 2. The van der Waals surface area contributed by atoms with Crippen molar-refractivity contribution in [3.8, 4) is 0 Å². The van der Waals surface area contributed by atoms with Crippen LogP contribution in [0.3, 0.4) is 0 Å². The van der Waals surface area contributed by atoms with Gasteiger partial charge >= 0.3 is 18.2 Å². The first kappa shape index (κ1) is 26.6. The molecule has 0 bridgehead atoms. The SMILES string of the molecule is CC(C)(C)OC(=O)N(C(=O)OC(C)(C)C)[C@@H](CCCN[C@@H]1C[C@H]1c1ccc(F)cc1)C(=O)O. The van der Waals surface area contributed by atoms with Crippen LogP contribution in [-0.2, 0) is 14.3 Å². The third-order valence-electron chi connectivity index (χ3n) is 4.93. The quantitative estimate of drug-likeness (QED) is 0.536. The molecular formula is C24H35FN2O6. The van der Waals surface area contributed by atoms with Crippen molar-refractivity contribution in [3.63, 3.8) is 0 Å². The number of aliphatic carboxylic acids is 1. The second-order valence-electron chi connectivity index (χ2n) is 10.3. The molecule has 0 radical (unpaired) electrons. The van der Waals surface area contributed by atoms with Crippen LogP contribution < -0.4 is 5.32 Å². The zero-order valence-electron chi connectivity index (χ0n) is 20.2. The van der Waals surface area contributed by atoms with Crippen molar-refractivity contribution in [2.45, 2.75) is 90.0 Å². The van der Waals surface area contributed by atoms with Crippen LogP contribution in [0.5, 0.6) is 0 Å². The van der Waals surface area contributed by atoms with Gasteiger partial charge in [-0.15, -0.1) is 0 Å². The average Bonchev–Trinajstić information content (AvgIpc) is 3.41. The number of rotatable bonds is 8. The molecule has 1 aromatic rings. The maximum absolute atomic E-state index is 13.1. The number of nitrogens with one attached hydrogen (secondary N) is 1. The molecule has 2 rings (SSSR count). The highest BCUT2D eigenvalue weighted by atomic mass is 19.1. The zero-order chi connectivity index (χ0) is 25.0. The van der Waals surface area contributed by atoms with Crippen LogP contribution in [0.4, 0.5) is 14.0 Å². The molecule has 0 heterocycles. The van der Waals surface area contributed by atoms with Crippen molar-refractivity contribution in [2.75, 3.05) is 6.54 Å². The van der Waals surface area contributed by atoms with E-state index in [-0.39, 0.29) is 18.3 Å². The third-order valence-corrected chi connectivity index (χ3v) is 4.93. The Bertz CT molecular complexity index is 816. The van der Waals surface area contributed by atoms with E-state index in [1.165, 1.54) is 12.1 Å². The van der Waals surface area contributed by atoms with Gasteiger partial charge in [-0.05, 0) is 85.0 Å². The van der Waals surface area contributed by atoms with Gasteiger partial charge in [-0.1, -0.05) is 12.1 Å². The van der Waals surface area contributed by atoms with E-state index in [1.54, 1.807) is 53.7 Å². The number of benzene rings is 1. The van der Waals surface area contributed by atoms with Gasteiger partial charge in [0.1, 0.15) is 23.1 Å². The summed E-state index contributed by atoms with van der Waals surface area (Å²) in [5.41, 5.74) is -0.773. The number of carboxylic acids is 1. The largest absolute Gasteiger partial charge is 0.480 e. The van der Waals surface area contributed by atoms with E-state index in [9.17, 15) is 23.9 Å². The Kier molecular flexibility index (Phi) is 8.46. The molecule has 3 atom stereocenters. The molecule has 1 fully saturated rings. The summed E-state index contributed by atoms with van der Waals surface area (Å²) in [5.74, 6) is -1.30. The smallest absolute Gasteiger partial charge is 0.420 e. The summed E-state index contributed by atoms with van der Waals surface area (Å²) in [4.78, 5) is 37.9. The second-order valence-corrected chi connectivity index (χ2v) is 10.3. The fraction of sp³-hybridized carbons (Fsp3) is 0.625. The number of hydrogen-bond donors (Lipinski definition) is 2. The van der Waals surface area contributed by atoms with Crippen LogP contribution in [0, 0.1) is 5.82 Å². The molecule has 33 heavy (non-hydrogen) atoms. The molecule has 0 unspecified atom stereocenters. The minimum Gasteiger partial charge on any atom is -0.480 e. The Labute approximate surface area is 194 Å². The third kappa shape index (κ3) is 8.64. The van der Waals surface area contributed by atoms with Crippen LogP contribution in [0.2, 0.25) is 0 Å². The Morgan fingerprint density at radius 2 is 1.58 bits per heavy atom. The lowest BCUT2D eigenvalue weighted by atomic mass is 10.1. The molecule has 2 N–H and O–H groups in total. The fourth-order valence-electron chi connectivity index (χ4n) is 3.40. The standard InChI is InChI=1S/C24H35FN2O6/c1-23(2,3)32-21(30)27(22(31)33-24(4,5)6)19(20(28)29)8-7-13-26-18-14-17(18)15-9-11-16(25)12-10-15/h9-12,17-19,26H,7-8,13-14H2,1-6H3,(H,28,29)/t17-,18+,19-/m0/s1. The summed E-state index contributed by atoms with van der Waals surface area (Å²) in [6, 6.07) is 5.20. The number of carbonyl (C=O) groups is 3. The summed E-state index contributed by atoms with van der Waals surface area (Å²) >= 11 is 0. The minimum absolute atomic E-state index is 0.0365. The van der Waals surface area contributed by atoms with Crippen LogP contribution >= 0.6 is 0 Å². The molecule has 1 saturated carbocycles. The van der Waals surface area contributed by atoms with Crippen LogP contribution in [0.25, 0.3) is 0 Å². The van der Waals surface area contributed by atoms with E-state index >= 15 is 0 Å². The van der Waals surface area contributed by atoms with E-state index in [4.69, 9.17) is 9.47 Å². The van der Waals surface area contributed by atoms with Crippen LogP contribution in [0.1, 0.15) is 72.3 Å². The van der Waals surface area contributed by atoms with Crippen LogP contribution in [0.15, 0.2) is 24.3 Å². The lowest BCUT2D eigenvalue weighted by Gasteiger charge is -2.31. The molecule has 0 saturated heterocycles. The molecule has 0 aromatic heterocycles. The Balaban J connectivity index is 1.98. The summed E-state index contributed by atoms with van der Waals surface area (Å²) in [6.45, 7) is 10.3. The predicted octanol–water partition coefficient (Wildman–Crippen LogP) is 4.68. The lowest BCUT2D eigenvalue weighted by molar-refractivity contribution is -0.143. The normalized spacial score (nSPS) is 18.9. The Morgan fingerprint density at radius 1 is 1.06 bits per heavy atom. The number of hydrogen-bond acceptors (Lipinski definition) is 6. The fourth-order valence-corrected chi connectivity index (χ4v) is 3.40. The first-order chi connectivity index (χ1) is 15.2. The van der Waals surface area contributed by atoms with E-state index in [0.717, 1.165) is 12.0 Å². The predicted molar refractivity (Wildman–Crippen MR) is 121 cm³/mol. The molecule has 1 aliphatic rings. The summed E-state index contributed by atoms with van der Waals surface area (Å²) < 4.78 is 23.6. The molecule has 0 spiro atoms. The van der Waals surface area contributed by atoms with Crippen molar-refractivity contribution >= 4 is 18.2 Å². The van der Waals surface area contributed by atoms with Gasteiger partial charge < -0.3 is 19.9 Å². The molecule has 2 amide bonds. The van der Waals surface area contributed by atoms with Crippen molar-refractivity contribution in [3.05, 3.63) is 35.6 Å². The maximum Gasteiger partial charge on any atom is 0.420 e. The Morgan fingerprint density at radius 3 is 2.03 bits per heavy atom. The average molecular weight is 467 g/mol. The van der Waals surface area contributed by atoms with Crippen molar-refractivity contribution in [2.24, 2.45) is 0 Å². The van der Waals surface area contributed by atoms with Gasteiger partial charge in [0.25, 0.3) is 0 Å². The Hall–Kier alpha value is -2.68. The molecule has 8 nitrogen and oxygen atoms in total. The van der Waals surface area contributed by atoms with Gasteiger partial charge in [0.2, 0.25) is 0 Å². The minimum atomic E-state index is -1.43. The summed E-state index contributed by atoms with van der Waals surface area (Å²) in [5, 5.41) is 13.1. The molecule has 1 aromatic carbocycles. The van der Waals surface area contributed by atoms with Crippen molar-refractivity contribution in [1.82, 2.24) is 10.2 Å². The van der Waals surface area contributed by atoms with Gasteiger partial charge in [0.15, 0.2) is 0 Å². The number of imide groups is 1. The topological polar surface area (TPSA) is 105 Å². The molecular weight excluding hydrogens is 431 g/mol. The highest BCUT2D eigenvalue weighted by molar-refractivity contribution is 5.93. The van der Waals surface area contributed by atoms with Gasteiger partial charge in [0, 0.05) is 12.0 Å². The number of nitrogens with zero attached hydrogens (tertiary/aromatic N) is 1. The number of halogens is 1. The van der Waals surface area contributed by atoms with E-state index < -0.39 is 35.4 Å². The van der Waals surface area contributed by atoms with Gasteiger partial charge in [-0.2, -0.15) is 4.90 Å². The highest BCUT2D eigenvalue weighted by Gasteiger charge is 2.41. The van der Waals surface area contributed by atoms with Crippen molar-refractivity contribution in [1.29, 1.82) is 0 Å². The van der Waals surface area contributed by atoms with Crippen LogP contribution in [-0.4, -0.2) is 58.0 Å². The van der Waals surface area contributed by atoms with Gasteiger partial charge in [0.05, 0.1) is 0 Å². The summed E-state index contributed by atoms with van der Waals surface area (Å²) in [7, 11) is 0. The first-order valence-electron chi connectivity index (χ1n) is 11.1. The monoisotopic (exact) mass is 466 g/mol. The number of carboxylic acid groups (broad SMARTS) is 1. The number of ether oxygens (including phenoxy) is 2. The van der Waals surface area contributed by atoms with Crippen molar-refractivity contribution < 1.29 is 33.4 Å². The highest BCUT2D eigenvalue weighted by Crippen LogP contribution is 2.40. The van der Waals surface area contributed by atoms with E-state index in [0.29, 0.717) is 23.8 Å². The number of amides is 2. The maximum atomic E-state index is 13.1. The van der Waals surface area contributed by atoms with E-state index in [2.05, 4.69) is 5.32 Å². The van der Waals surface area contributed by atoms with Gasteiger partial charge in [-0.25, -0.2) is 18.8 Å².